The minimum Gasteiger partial charge on any atom is -0.313 e. The van der Waals surface area contributed by atoms with E-state index in [0.29, 0.717) is 5.41 Å². The first kappa shape index (κ1) is 15.4. The van der Waals surface area contributed by atoms with Crippen LogP contribution in [-0.2, 0) is 0 Å². The van der Waals surface area contributed by atoms with Crippen LogP contribution in [0.4, 0.5) is 0 Å². The summed E-state index contributed by atoms with van der Waals surface area (Å²) in [5.41, 5.74) is 5.64. The molecular weight excluding hydrogens is 198 g/mol. The monoisotopic (exact) mass is 225 g/mol. The minimum atomic E-state index is -0.622. The molecule has 0 radical (unpaired) electrons. The lowest BCUT2D eigenvalue weighted by Crippen LogP contribution is -2.38. The Morgan fingerprint density at radius 3 is 2.25 bits per heavy atom. The van der Waals surface area contributed by atoms with Crippen LogP contribution < -0.4 is 5.73 Å². The van der Waals surface area contributed by atoms with Crippen molar-refractivity contribution in [3.05, 3.63) is 0 Å². The highest BCUT2D eigenvalue weighted by molar-refractivity contribution is 5.03. The summed E-state index contributed by atoms with van der Waals surface area (Å²) in [4.78, 5) is 2.31. The highest BCUT2D eigenvalue weighted by Crippen LogP contribution is 2.16. The standard InChI is InChI=1S/C13H27N3/c1-6-13(15,10-14)8-7-9-16(5)11-12(2,3)4/h6-9,11,15H2,1-5H3. The van der Waals surface area contributed by atoms with E-state index in [1.54, 1.807) is 0 Å². The molecule has 0 spiro atoms. The predicted molar refractivity (Wildman–Crippen MR) is 69.0 cm³/mol. The Morgan fingerprint density at radius 1 is 1.31 bits per heavy atom. The SMILES string of the molecule is CCC(N)(C#N)CCCN(C)CC(C)(C)C. The van der Waals surface area contributed by atoms with Crippen molar-refractivity contribution < 1.29 is 0 Å². The van der Waals surface area contributed by atoms with Crippen molar-refractivity contribution in [1.29, 1.82) is 5.26 Å². The average molecular weight is 225 g/mol. The summed E-state index contributed by atoms with van der Waals surface area (Å²) in [6.07, 6.45) is 2.51. The van der Waals surface area contributed by atoms with Crippen molar-refractivity contribution >= 4 is 0 Å². The lowest BCUT2D eigenvalue weighted by Gasteiger charge is -2.27. The van der Waals surface area contributed by atoms with Gasteiger partial charge < -0.3 is 10.6 Å². The second-order valence-electron chi connectivity index (χ2n) is 6.02. The summed E-state index contributed by atoms with van der Waals surface area (Å²) < 4.78 is 0. The smallest absolute Gasteiger partial charge is 0.104 e. The highest BCUT2D eigenvalue weighted by Gasteiger charge is 2.21. The molecule has 0 aliphatic rings. The van der Waals surface area contributed by atoms with Crippen LogP contribution in [0.15, 0.2) is 0 Å². The van der Waals surface area contributed by atoms with E-state index in [9.17, 15) is 0 Å². The fraction of sp³-hybridized carbons (Fsp3) is 0.923. The maximum absolute atomic E-state index is 8.95. The van der Waals surface area contributed by atoms with E-state index in [1.165, 1.54) is 0 Å². The summed E-state index contributed by atoms with van der Waals surface area (Å²) in [7, 11) is 2.13. The molecule has 0 heterocycles. The molecule has 1 atom stereocenters. The van der Waals surface area contributed by atoms with Crippen LogP contribution >= 0.6 is 0 Å². The van der Waals surface area contributed by atoms with Gasteiger partial charge in [-0.2, -0.15) is 5.26 Å². The maximum atomic E-state index is 8.95. The molecule has 0 aromatic rings. The van der Waals surface area contributed by atoms with Crippen LogP contribution in [0, 0.1) is 16.7 Å². The number of rotatable bonds is 6. The molecule has 0 amide bonds. The summed E-state index contributed by atoms with van der Waals surface area (Å²) in [6, 6.07) is 2.21. The van der Waals surface area contributed by atoms with Gasteiger partial charge in [-0.05, 0) is 38.3 Å². The van der Waals surface area contributed by atoms with Crippen LogP contribution in [-0.4, -0.2) is 30.6 Å². The van der Waals surface area contributed by atoms with Gasteiger partial charge in [0.15, 0.2) is 0 Å². The van der Waals surface area contributed by atoms with E-state index in [2.05, 4.69) is 38.8 Å². The molecule has 0 aromatic carbocycles. The number of nitriles is 1. The van der Waals surface area contributed by atoms with Gasteiger partial charge in [-0.1, -0.05) is 27.7 Å². The first-order valence-electron chi connectivity index (χ1n) is 6.11. The molecule has 0 saturated carbocycles. The average Bonchev–Trinajstić information content (AvgIpc) is 2.14. The summed E-state index contributed by atoms with van der Waals surface area (Å²) in [5.74, 6) is 0. The second kappa shape index (κ2) is 6.22. The third kappa shape index (κ3) is 6.81. The third-order valence-electron chi connectivity index (χ3n) is 2.76. The van der Waals surface area contributed by atoms with Crippen LogP contribution in [0.25, 0.3) is 0 Å². The van der Waals surface area contributed by atoms with E-state index >= 15 is 0 Å². The number of nitrogens with zero attached hydrogens (tertiary/aromatic N) is 2. The van der Waals surface area contributed by atoms with Crippen molar-refractivity contribution in [3.8, 4) is 6.07 Å². The Labute approximate surface area is 101 Å². The Kier molecular flexibility index (Phi) is 5.99. The van der Waals surface area contributed by atoms with Gasteiger partial charge in [0.1, 0.15) is 5.54 Å². The van der Waals surface area contributed by atoms with Crippen LogP contribution in [0.3, 0.4) is 0 Å². The van der Waals surface area contributed by atoms with Crippen molar-refractivity contribution in [2.24, 2.45) is 11.1 Å². The molecule has 94 valence electrons. The zero-order valence-corrected chi connectivity index (χ0v) is 11.5. The Hall–Kier alpha value is -0.590. The van der Waals surface area contributed by atoms with Gasteiger partial charge in [0.25, 0.3) is 0 Å². The highest BCUT2D eigenvalue weighted by atomic mass is 15.1. The molecule has 0 bridgehead atoms. The summed E-state index contributed by atoms with van der Waals surface area (Å²) in [5, 5.41) is 8.95. The quantitative estimate of drug-likeness (QED) is 0.755. The summed E-state index contributed by atoms with van der Waals surface area (Å²) in [6.45, 7) is 10.8. The molecule has 0 aliphatic carbocycles. The lowest BCUT2D eigenvalue weighted by atomic mass is 9.93. The predicted octanol–water partition coefficient (Wildman–Crippen LogP) is 2.38. The van der Waals surface area contributed by atoms with E-state index < -0.39 is 5.54 Å². The van der Waals surface area contributed by atoms with E-state index in [-0.39, 0.29) is 0 Å². The lowest BCUT2D eigenvalue weighted by molar-refractivity contribution is 0.220. The normalized spacial score (nSPS) is 15.9. The van der Waals surface area contributed by atoms with Crippen LogP contribution in [0.1, 0.15) is 47.0 Å². The third-order valence-corrected chi connectivity index (χ3v) is 2.76. The fourth-order valence-corrected chi connectivity index (χ4v) is 1.86. The van der Waals surface area contributed by atoms with Crippen molar-refractivity contribution in [3.63, 3.8) is 0 Å². The largest absolute Gasteiger partial charge is 0.313 e. The summed E-state index contributed by atoms with van der Waals surface area (Å²) >= 11 is 0. The first-order chi connectivity index (χ1) is 7.22. The van der Waals surface area contributed by atoms with E-state index in [1.807, 2.05) is 6.92 Å². The van der Waals surface area contributed by atoms with Crippen molar-refractivity contribution in [1.82, 2.24) is 4.90 Å². The zero-order valence-electron chi connectivity index (χ0n) is 11.5. The molecule has 0 aromatic heterocycles. The van der Waals surface area contributed by atoms with Gasteiger partial charge in [0, 0.05) is 6.54 Å². The van der Waals surface area contributed by atoms with Crippen molar-refractivity contribution in [2.45, 2.75) is 52.5 Å². The van der Waals surface area contributed by atoms with Crippen LogP contribution in [0.5, 0.6) is 0 Å². The molecule has 16 heavy (non-hydrogen) atoms. The second-order valence-corrected chi connectivity index (χ2v) is 6.02. The Morgan fingerprint density at radius 2 is 1.88 bits per heavy atom. The van der Waals surface area contributed by atoms with Gasteiger partial charge in [0.2, 0.25) is 0 Å². The Bertz CT molecular complexity index is 237. The fourth-order valence-electron chi connectivity index (χ4n) is 1.86. The minimum absolute atomic E-state index is 0.328. The van der Waals surface area contributed by atoms with Crippen LogP contribution in [0.2, 0.25) is 0 Å². The molecule has 0 aliphatic heterocycles. The van der Waals surface area contributed by atoms with E-state index in [0.717, 1.165) is 32.4 Å². The van der Waals surface area contributed by atoms with E-state index in [4.69, 9.17) is 11.0 Å². The number of hydrogen-bond acceptors (Lipinski definition) is 3. The topological polar surface area (TPSA) is 53.1 Å². The van der Waals surface area contributed by atoms with Gasteiger partial charge >= 0.3 is 0 Å². The molecule has 0 fully saturated rings. The first-order valence-corrected chi connectivity index (χ1v) is 6.11. The number of hydrogen-bond donors (Lipinski definition) is 1. The molecule has 0 rings (SSSR count). The Balaban J connectivity index is 3.87. The van der Waals surface area contributed by atoms with Gasteiger partial charge in [-0.25, -0.2) is 0 Å². The van der Waals surface area contributed by atoms with Gasteiger partial charge in [-0.15, -0.1) is 0 Å². The van der Waals surface area contributed by atoms with Gasteiger partial charge in [-0.3, -0.25) is 0 Å². The maximum Gasteiger partial charge on any atom is 0.104 e. The molecule has 1 unspecified atom stereocenters. The zero-order chi connectivity index (χ0) is 12.8. The molecule has 2 N–H and O–H groups in total. The molecular formula is C13H27N3. The molecule has 0 saturated heterocycles. The van der Waals surface area contributed by atoms with Gasteiger partial charge in [0.05, 0.1) is 6.07 Å². The number of nitrogens with two attached hydrogens (primary N) is 1. The van der Waals surface area contributed by atoms with Crippen molar-refractivity contribution in [2.75, 3.05) is 20.1 Å². The molecule has 3 heteroatoms. The molecule has 3 nitrogen and oxygen atoms in total.